The van der Waals surface area contributed by atoms with Crippen LogP contribution in [0.15, 0.2) is 18.3 Å². The Morgan fingerprint density at radius 2 is 2.15 bits per heavy atom. The zero-order chi connectivity index (χ0) is 17.4. The van der Waals surface area contributed by atoms with E-state index in [1.165, 1.54) is 6.42 Å². The van der Waals surface area contributed by atoms with E-state index in [9.17, 15) is 4.79 Å². The predicted octanol–water partition coefficient (Wildman–Crippen LogP) is 4.47. The number of hydrogen-bond donors (Lipinski definition) is 1. The Morgan fingerprint density at radius 3 is 2.85 bits per heavy atom. The van der Waals surface area contributed by atoms with Crippen LogP contribution >= 0.6 is 0 Å². The van der Waals surface area contributed by atoms with Crippen LogP contribution < -0.4 is 5.32 Å². The molecule has 142 valence electrons. The molecule has 1 aliphatic carbocycles. The number of anilines is 1. The molecule has 6 nitrogen and oxygen atoms in total. The van der Waals surface area contributed by atoms with Crippen molar-refractivity contribution >= 4 is 23.0 Å². The average molecular weight is 358 g/mol. The van der Waals surface area contributed by atoms with Gasteiger partial charge in [-0.3, -0.25) is 14.7 Å². The number of rotatable bonds is 4. The van der Waals surface area contributed by atoms with Gasteiger partial charge in [0.25, 0.3) is 0 Å². The summed E-state index contributed by atoms with van der Waals surface area (Å²) >= 11 is 0. The van der Waals surface area contributed by atoms with E-state index in [1.54, 1.807) is 6.20 Å². The van der Waals surface area contributed by atoms with Crippen molar-refractivity contribution in [2.75, 3.05) is 5.32 Å². The minimum Gasteiger partial charge on any atom is -0.372 e. The van der Waals surface area contributed by atoms with Gasteiger partial charge in [-0.1, -0.05) is 7.43 Å². The van der Waals surface area contributed by atoms with E-state index in [0.717, 1.165) is 43.3 Å². The van der Waals surface area contributed by atoms with Crippen LogP contribution in [-0.2, 0) is 9.53 Å². The molecule has 0 aromatic carbocycles. The number of imidazole rings is 1. The molecule has 26 heavy (non-hydrogen) atoms. The van der Waals surface area contributed by atoms with Crippen molar-refractivity contribution in [1.29, 1.82) is 0 Å². The van der Waals surface area contributed by atoms with Gasteiger partial charge in [-0.25, -0.2) is 9.97 Å². The molecule has 1 saturated heterocycles. The molecule has 0 bridgehead atoms. The first-order chi connectivity index (χ1) is 12.0. The van der Waals surface area contributed by atoms with E-state index in [0.29, 0.717) is 18.4 Å². The number of amides is 1. The second kappa shape index (κ2) is 7.35. The van der Waals surface area contributed by atoms with Crippen molar-refractivity contribution in [3.8, 4) is 0 Å². The number of hydrogen-bond acceptors (Lipinski definition) is 4. The third-order valence-corrected chi connectivity index (χ3v) is 5.34. The Morgan fingerprint density at radius 1 is 1.35 bits per heavy atom. The number of carbonyl (C=O) groups excluding carboxylic acids is 1. The number of carbonyl (C=O) groups is 1. The van der Waals surface area contributed by atoms with Crippen LogP contribution in [0.2, 0.25) is 0 Å². The molecule has 3 heterocycles. The van der Waals surface area contributed by atoms with Gasteiger partial charge < -0.3 is 4.74 Å². The third-order valence-electron chi connectivity index (χ3n) is 5.34. The van der Waals surface area contributed by atoms with Crippen molar-refractivity contribution < 1.29 is 9.53 Å². The molecule has 0 radical (unpaired) electrons. The highest BCUT2D eigenvalue weighted by Crippen LogP contribution is 2.36. The molecule has 1 saturated carbocycles. The van der Waals surface area contributed by atoms with Crippen molar-refractivity contribution in [3.63, 3.8) is 0 Å². The molecular formula is C20H30N4O2. The molecule has 2 fully saturated rings. The molecule has 1 atom stereocenters. The number of ether oxygens (including phenoxy) is 1. The summed E-state index contributed by atoms with van der Waals surface area (Å²) < 4.78 is 8.15. The van der Waals surface area contributed by atoms with Gasteiger partial charge in [-0.15, -0.1) is 0 Å². The van der Waals surface area contributed by atoms with Gasteiger partial charge in [-0.2, -0.15) is 0 Å². The van der Waals surface area contributed by atoms with E-state index in [2.05, 4.69) is 33.7 Å². The number of aromatic nitrogens is 3. The highest BCUT2D eigenvalue weighted by atomic mass is 16.5. The highest BCUT2D eigenvalue weighted by molar-refractivity contribution is 5.91. The molecule has 0 spiro atoms. The standard InChI is InChI=1S/C19H26N4O2.CH4/c1-19(2)10-4-8-14(25-19)12-16(24)22-18-21-15-9-5-11-20-17(15)23(18)13-6-3-7-13;/h5,9,11,13-14H,3-4,6-8,10,12H2,1-2H3,(H,21,22,24);1H4/t14-;/m0./s1. The zero-order valence-corrected chi connectivity index (χ0v) is 15.0. The SMILES string of the molecule is C.CC1(C)CCC[C@@H](CC(=O)Nc2nc3cccnc3n2C2CCC2)O1. The van der Waals surface area contributed by atoms with Crippen molar-refractivity contribution in [2.45, 2.75) is 84.0 Å². The quantitative estimate of drug-likeness (QED) is 0.875. The van der Waals surface area contributed by atoms with Crippen LogP contribution in [0.4, 0.5) is 5.95 Å². The summed E-state index contributed by atoms with van der Waals surface area (Å²) in [5.41, 5.74) is 1.56. The Labute approximate surface area is 155 Å². The zero-order valence-electron chi connectivity index (χ0n) is 15.0. The fourth-order valence-corrected chi connectivity index (χ4v) is 3.86. The van der Waals surface area contributed by atoms with E-state index >= 15 is 0 Å². The van der Waals surface area contributed by atoms with Crippen LogP contribution in [0.25, 0.3) is 11.2 Å². The summed E-state index contributed by atoms with van der Waals surface area (Å²) in [6.07, 6.45) is 8.70. The lowest BCUT2D eigenvalue weighted by Crippen LogP contribution is -2.37. The van der Waals surface area contributed by atoms with Gasteiger partial charge in [0.2, 0.25) is 11.9 Å². The number of fused-ring (bicyclic) bond motifs is 1. The molecule has 1 aliphatic heterocycles. The first-order valence-electron chi connectivity index (χ1n) is 9.32. The van der Waals surface area contributed by atoms with Crippen LogP contribution in [-0.4, -0.2) is 32.1 Å². The lowest BCUT2D eigenvalue weighted by Gasteiger charge is -2.35. The number of nitrogens with zero attached hydrogens (tertiary/aromatic N) is 3. The summed E-state index contributed by atoms with van der Waals surface area (Å²) in [7, 11) is 0. The fourth-order valence-electron chi connectivity index (χ4n) is 3.86. The lowest BCUT2D eigenvalue weighted by molar-refractivity contribution is -0.131. The van der Waals surface area contributed by atoms with Crippen molar-refractivity contribution in [2.24, 2.45) is 0 Å². The largest absolute Gasteiger partial charge is 0.372 e. The maximum Gasteiger partial charge on any atom is 0.229 e. The fraction of sp³-hybridized carbons (Fsp3) is 0.650. The Bertz CT molecular complexity index is 779. The predicted molar refractivity (Wildman–Crippen MR) is 103 cm³/mol. The summed E-state index contributed by atoms with van der Waals surface area (Å²) in [6, 6.07) is 4.21. The van der Waals surface area contributed by atoms with Crippen LogP contribution in [0, 0.1) is 0 Å². The van der Waals surface area contributed by atoms with Gasteiger partial charge in [0.05, 0.1) is 18.1 Å². The van der Waals surface area contributed by atoms with Gasteiger partial charge in [0.15, 0.2) is 5.65 Å². The van der Waals surface area contributed by atoms with E-state index in [1.807, 2.05) is 12.1 Å². The van der Waals surface area contributed by atoms with Crippen LogP contribution in [0.3, 0.4) is 0 Å². The topological polar surface area (TPSA) is 69.0 Å². The Kier molecular flexibility index (Phi) is 5.32. The molecule has 2 aromatic rings. The summed E-state index contributed by atoms with van der Waals surface area (Å²) in [6.45, 7) is 4.19. The molecule has 0 unspecified atom stereocenters. The molecule has 1 amide bonds. The van der Waals surface area contributed by atoms with Crippen molar-refractivity contribution in [3.05, 3.63) is 18.3 Å². The maximum absolute atomic E-state index is 12.6. The third kappa shape index (κ3) is 3.75. The second-order valence-corrected chi connectivity index (χ2v) is 7.88. The molecule has 2 aliphatic rings. The van der Waals surface area contributed by atoms with Gasteiger partial charge in [0, 0.05) is 12.2 Å². The summed E-state index contributed by atoms with van der Waals surface area (Å²) in [4.78, 5) is 21.7. The minimum atomic E-state index is -0.133. The Hall–Kier alpha value is -1.95. The molecule has 4 rings (SSSR count). The van der Waals surface area contributed by atoms with Crippen molar-refractivity contribution in [1.82, 2.24) is 14.5 Å². The minimum absolute atomic E-state index is 0. The van der Waals surface area contributed by atoms with Gasteiger partial charge in [0.1, 0.15) is 5.52 Å². The van der Waals surface area contributed by atoms with Crippen LogP contribution in [0.5, 0.6) is 0 Å². The molecule has 2 aromatic heterocycles. The van der Waals surface area contributed by atoms with E-state index in [-0.39, 0.29) is 25.0 Å². The highest BCUT2D eigenvalue weighted by Gasteiger charge is 2.31. The molecular weight excluding hydrogens is 328 g/mol. The summed E-state index contributed by atoms with van der Waals surface area (Å²) in [5.74, 6) is 0.594. The smallest absolute Gasteiger partial charge is 0.229 e. The first-order valence-corrected chi connectivity index (χ1v) is 9.32. The second-order valence-electron chi connectivity index (χ2n) is 7.88. The van der Waals surface area contributed by atoms with E-state index < -0.39 is 0 Å². The molecule has 6 heteroatoms. The monoisotopic (exact) mass is 358 g/mol. The molecule has 1 N–H and O–H groups in total. The number of pyridine rings is 1. The maximum atomic E-state index is 12.6. The van der Waals surface area contributed by atoms with Gasteiger partial charge in [-0.05, 0) is 64.5 Å². The van der Waals surface area contributed by atoms with Crippen LogP contribution in [0.1, 0.15) is 72.3 Å². The van der Waals surface area contributed by atoms with Gasteiger partial charge >= 0.3 is 0 Å². The lowest BCUT2D eigenvalue weighted by atomic mass is 9.93. The Balaban J connectivity index is 0.00000196. The summed E-state index contributed by atoms with van der Waals surface area (Å²) in [5, 5.41) is 3.02. The normalized spacial score (nSPS) is 22.5. The number of nitrogens with one attached hydrogen (secondary N) is 1. The van der Waals surface area contributed by atoms with E-state index in [4.69, 9.17) is 4.74 Å². The first kappa shape index (κ1) is 18.8. The average Bonchev–Trinajstić information content (AvgIpc) is 2.83.